The fraction of sp³-hybridized carbons (Fsp3) is 0.462. The van der Waals surface area contributed by atoms with Gasteiger partial charge in [0.1, 0.15) is 24.7 Å². The Balaban J connectivity index is 0.00000420. The van der Waals surface area contributed by atoms with E-state index in [1.54, 1.807) is 0 Å². The maximum Gasteiger partial charge on any atom is 1.00 e. The van der Waals surface area contributed by atoms with Crippen molar-refractivity contribution in [3.8, 4) is 0 Å². The molecule has 1 unspecified atom stereocenters. The molecule has 1 aromatic heterocycles. The van der Waals surface area contributed by atoms with E-state index in [9.17, 15) is 22.8 Å². The second-order valence-electron chi connectivity index (χ2n) is 5.98. The van der Waals surface area contributed by atoms with Crippen LogP contribution in [0.3, 0.4) is 0 Å². The van der Waals surface area contributed by atoms with Gasteiger partial charge in [0.2, 0.25) is 5.91 Å². The van der Waals surface area contributed by atoms with Gasteiger partial charge in [0.05, 0.1) is 5.54 Å². The van der Waals surface area contributed by atoms with Crippen molar-refractivity contribution in [2.75, 3.05) is 18.3 Å². The minimum absolute atomic E-state index is 0. The minimum Gasteiger partial charge on any atom is -1.00 e. The number of aromatic nitrogens is 1. The first-order chi connectivity index (χ1) is 12.9. The maximum absolute atomic E-state index is 12.6. The summed E-state index contributed by atoms with van der Waals surface area (Å²) in [5.74, 6) is -2.66. The standard InChI is InChI=1S/C13H16ClN5O7S2.Na.H/c1-13(2)9(11(22)19(13)28(23,24)25)17-10(21)8(18-26-3)6-5-27-12(15-6)16-7(20)4-14;;/h5,9H,4H2,1-3H3,(H,17,21)(H,15,16,20)(H,23,24,25);;/q;+1;-1/b18-8-;;. The first kappa shape index (κ1) is 25.7. The third kappa shape index (κ3) is 5.45. The molecular weight excluding hydrogens is 461 g/mol. The van der Waals surface area contributed by atoms with Gasteiger partial charge in [-0.3, -0.25) is 18.9 Å². The molecule has 0 bridgehead atoms. The molecule has 3 amide bonds. The van der Waals surface area contributed by atoms with Crippen molar-refractivity contribution >= 4 is 61.8 Å². The molecule has 1 saturated heterocycles. The van der Waals surface area contributed by atoms with Crippen molar-refractivity contribution < 1.29 is 63.2 Å². The first-order valence-corrected chi connectivity index (χ1v) is 10.3. The maximum atomic E-state index is 12.6. The molecule has 1 aliphatic rings. The summed E-state index contributed by atoms with van der Waals surface area (Å²) in [5, 5.41) is 9.90. The van der Waals surface area contributed by atoms with Crippen LogP contribution in [-0.2, 0) is 29.5 Å². The number of anilines is 1. The van der Waals surface area contributed by atoms with Gasteiger partial charge in [-0.25, -0.2) is 9.29 Å². The molecule has 0 radical (unpaired) electrons. The second-order valence-corrected chi connectivity index (χ2v) is 8.37. The van der Waals surface area contributed by atoms with Crippen LogP contribution in [0, 0.1) is 0 Å². The summed E-state index contributed by atoms with van der Waals surface area (Å²) >= 11 is 6.40. The fourth-order valence-electron chi connectivity index (χ4n) is 2.49. The van der Waals surface area contributed by atoms with Gasteiger partial charge in [0.25, 0.3) is 11.8 Å². The van der Waals surface area contributed by atoms with Gasteiger partial charge in [0, 0.05) is 5.38 Å². The third-order valence-corrected chi connectivity index (χ3v) is 5.81. The Morgan fingerprint density at radius 2 is 2.14 bits per heavy atom. The third-order valence-electron chi connectivity index (χ3n) is 3.70. The van der Waals surface area contributed by atoms with Crippen molar-refractivity contribution in [1.29, 1.82) is 0 Å². The molecule has 2 heterocycles. The number of rotatable bonds is 7. The van der Waals surface area contributed by atoms with Crippen molar-refractivity contribution in [1.82, 2.24) is 14.6 Å². The molecule has 2 rings (SSSR count). The van der Waals surface area contributed by atoms with Gasteiger partial charge in [-0.1, -0.05) is 5.16 Å². The number of carbonyl (C=O) groups excluding carboxylic acids is 3. The Kier molecular flexibility index (Phi) is 8.59. The summed E-state index contributed by atoms with van der Waals surface area (Å²) in [6, 6.07) is -1.24. The van der Waals surface area contributed by atoms with Crippen LogP contribution < -0.4 is 40.2 Å². The van der Waals surface area contributed by atoms with Crippen LogP contribution in [0.4, 0.5) is 5.13 Å². The predicted molar refractivity (Wildman–Crippen MR) is 101 cm³/mol. The first-order valence-electron chi connectivity index (χ1n) is 7.49. The zero-order valence-electron chi connectivity index (χ0n) is 16.8. The molecule has 16 heteroatoms. The van der Waals surface area contributed by atoms with Crippen LogP contribution in [0.5, 0.6) is 0 Å². The van der Waals surface area contributed by atoms with Crippen LogP contribution in [0.1, 0.15) is 21.0 Å². The topological polar surface area (TPSA) is 167 Å². The number of alkyl halides is 1. The molecule has 0 aromatic carbocycles. The van der Waals surface area contributed by atoms with Gasteiger partial charge in [0.15, 0.2) is 10.8 Å². The summed E-state index contributed by atoms with van der Waals surface area (Å²) in [5.41, 5.74) is -1.66. The normalized spacial score (nSPS) is 18.4. The molecule has 0 saturated carbocycles. The summed E-state index contributed by atoms with van der Waals surface area (Å²) in [4.78, 5) is 44.6. The molecular formula is C13H17ClN5NaO7S2. The van der Waals surface area contributed by atoms with E-state index in [2.05, 4.69) is 25.6 Å². The molecule has 0 aliphatic carbocycles. The van der Waals surface area contributed by atoms with Crippen LogP contribution in [-0.4, -0.2) is 70.3 Å². The number of β-lactam (4-membered cyclic amide) rings is 1. The molecule has 1 fully saturated rings. The van der Waals surface area contributed by atoms with Gasteiger partial charge >= 0.3 is 39.9 Å². The number of amides is 3. The number of nitrogens with zero attached hydrogens (tertiary/aromatic N) is 3. The van der Waals surface area contributed by atoms with Gasteiger partial charge in [-0.05, 0) is 13.8 Å². The monoisotopic (exact) mass is 477 g/mol. The Bertz CT molecular complexity index is 955. The minimum atomic E-state index is -4.77. The van der Waals surface area contributed by atoms with Crippen molar-refractivity contribution in [3.63, 3.8) is 0 Å². The van der Waals surface area contributed by atoms with Crippen molar-refractivity contribution in [2.45, 2.75) is 25.4 Å². The van der Waals surface area contributed by atoms with E-state index < -0.39 is 39.6 Å². The summed E-state index contributed by atoms with van der Waals surface area (Å²) < 4.78 is 32.0. The Labute approximate surface area is 198 Å². The SMILES string of the molecule is CO/N=C(\C(=O)NC1C(=O)N(S(=O)(=O)O)C1(C)C)c1csc(NC(=O)CCl)n1.[H-].[Na+]. The second kappa shape index (κ2) is 9.68. The molecule has 12 nitrogen and oxygen atoms in total. The Morgan fingerprint density at radius 1 is 1.52 bits per heavy atom. The number of hydrogen-bond donors (Lipinski definition) is 3. The largest absolute Gasteiger partial charge is 1.00 e. The molecule has 0 spiro atoms. The van der Waals surface area contributed by atoms with E-state index in [1.807, 2.05) is 0 Å². The quantitative estimate of drug-likeness (QED) is 0.0916. The summed E-state index contributed by atoms with van der Waals surface area (Å²) in [6.45, 7) is 2.70. The number of carbonyl (C=O) groups is 3. The van der Waals surface area contributed by atoms with Crippen LogP contribution in [0.25, 0.3) is 0 Å². The molecule has 156 valence electrons. The van der Waals surface area contributed by atoms with Crippen LogP contribution in [0.2, 0.25) is 0 Å². The van der Waals surface area contributed by atoms with E-state index >= 15 is 0 Å². The van der Waals surface area contributed by atoms with Crippen molar-refractivity contribution in [2.24, 2.45) is 5.16 Å². The summed E-state index contributed by atoms with van der Waals surface area (Å²) in [7, 11) is -3.58. The van der Waals surface area contributed by atoms with Gasteiger partial charge in [-0.2, -0.15) is 8.42 Å². The zero-order chi connectivity index (χ0) is 21.3. The van der Waals surface area contributed by atoms with E-state index in [1.165, 1.54) is 26.3 Å². The van der Waals surface area contributed by atoms with E-state index in [4.69, 9.17) is 16.2 Å². The average Bonchev–Trinajstić information content (AvgIpc) is 3.03. The number of nitrogens with one attached hydrogen (secondary N) is 2. The average molecular weight is 478 g/mol. The molecule has 1 aliphatic heterocycles. The van der Waals surface area contributed by atoms with Gasteiger partial charge in [-0.15, -0.1) is 22.9 Å². The number of halogens is 1. The van der Waals surface area contributed by atoms with E-state index in [0.29, 0.717) is 0 Å². The van der Waals surface area contributed by atoms with Crippen LogP contribution in [0.15, 0.2) is 10.5 Å². The molecule has 1 aromatic rings. The number of hydrogen-bond acceptors (Lipinski definition) is 9. The van der Waals surface area contributed by atoms with E-state index in [0.717, 1.165) is 11.3 Å². The van der Waals surface area contributed by atoms with Crippen LogP contribution >= 0.6 is 22.9 Å². The zero-order valence-corrected chi connectivity index (χ0v) is 20.2. The molecule has 3 N–H and O–H groups in total. The smallest absolute Gasteiger partial charge is 1.00 e. The predicted octanol–water partition coefficient (Wildman–Crippen LogP) is -3.30. The van der Waals surface area contributed by atoms with Crippen molar-refractivity contribution in [3.05, 3.63) is 11.1 Å². The molecule has 1 atom stereocenters. The van der Waals surface area contributed by atoms with Gasteiger partial charge < -0.3 is 16.9 Å². The van der Waals surface area contributed by atoms with E-state index in [-0.39, 0.29) is 57.7 Å². The molecule has 29 heavy (non-hydrogen) atoms. The number of oxime groups is 1. The Hall–Kier alpha value is -1.29. The number of thiazole rings is 1. The fourth-order valence-corrected chi connectivity index (χ4v) is 4.30. The summed E-state index contributed by atoms with van der Waals surface area (Å²) in [6.07, 6.45) is 0. The Morgan fingerprint density at radius 3 is 2.62 bits per heavy atom.